The van der Waals surface area contributed by atoms with Crippen LogP contribution in [0.3, 0.4) is 0 Å². The molecular formula is C16H26F2IN3O3. The summed E-state index contributed by atoms with van der Waals surface area (Å²) in [4.78, 5) is 4.10. The van der Waals surface area contributed by atoms with Gasteiger partial charge in [-0.1, -0.05) is 6.07 Å². The number of guanidine groups is 1. The monoisotopic (exact) mass is 473 g/mol. The van der Waals surface area contributed by atoms with Crippen LogP contribution in [0, 0.1) is 0 Å². The zero-order valence-corrected chi connectivity index (χ0v) is 17.0. The van der Waals surface area contributed by atoms with Gasteiger partial charge in [-0.05, 0) is 31.5 Å². The molecule has 0 spiro atoms. The molecule has 0 saturated carbocycles. The van der Waals surface area contributed by atoms with Gasteiger partial charge in [-0.2, -0.15) is 8.78 Å². The second kappa shape index (κ2) is 13.9. The van der Waals surface area contributed by atoms with Gasteiger partial charge in [0.15, 0.2) is 17.5 Å². The third-order valence-electron chi connectivity index (χ3n) is 2.95. The molecular weight excluding hydrogens is 447 g/mol. The van der Waals surface area contributed by atoms with E-state index in [2.05, 4.69) is 20.4 Å². The fraction of sp³-hybridized carbons (Fsp3) is 0.562. The Morgan fingerprint density at radius 1 is 1.16 bits per heavy atom. The number of alkyl halides is 2. The highest BCUT2D eigenvalue weighted by Gasteiger charge is 2.11. The van der Waals surface area contributed by atoms with Gasteiger partial charge in [-0.3, -0.25) is 4.99 Å². The van der Waals surface area contributed by atoms with E-state index in [4.69, 9.17) is 9.47 Å². The molecule has 25 heavy (non-hydrogen) atoms. The van der Waals surface area contributed by atoms with Gasteiger partial charge < -0.3 is 24.8 Å². The molecule has 0 bridgehead atoms. The lowest BCUT2D eigenvalue weighted by atomic mass is 10.2. The van der Waals surface area contributed by atoms with Gasteiger partial charge >= 0.3 is 6.61 Å². The van der Waals surface area contributed by atoms with Gasteiger partial charge in [0.2, 0.25) is 0 Å². The molecule has 0 aliphatic rings. The maximum absolute atomic E-state index is 12.4. The Bertz CT molecular complexity index is 519. The fourth-order valence-corrected chi connectivity index (χ4v) is 1.92. The van der Waals surface area contributed by atoms with E-state index in [0.717, 1.165) is 5.56 Å². The van der Waals surface area contributed by atoms with E-state index in [-0.39, 0.29) is 35.5 Å². The number of benzene rings is 1. The van der Waals surface area contributed by atoms with Crippen LogP contribution in [0.1, 0.15) is 19.4 Å². The maximum atomic E-state index is 12.4. The molecule has 0 aliphatic heterocycles. The summed E-state index contributed by atoms with van der Waals surface area (Å²) in [7, 11) is 1.67. The summed E-state index contributed by atoms with van der Waals surface area (Å²) < 4.78 is 39.8. The number of nitrogens with one attached hydrogen (secondary N) is 2. The smallest absolute Gasteiger partial charge is 0.387 e. The van der Waals surface area contributed by atoms with E-state index in [9.17, 15) is 8.78 Å². The third-order valence-corrected chi connectivity index (χ3v) is 2.95. The molecule has 0 fully saturated rings. The molecule has 1 aromatic carbocycles. The molecule has 0 atom stereocenters. The lowest BCUT2D eigenvalue weighted by molar-refractivity contribution is -0.0514. The molecule has 0 radical (unpaired) electrons. The lowest BCUT2D eigenvalue weighted by Crippen LogP contribution is -2.38. The van der Waals surface area contributed by atoms with Crippen LogP contribution in [0.15, 0.2) is 23.2 Å². The first-order valence-corrected chi connectivity index (χ1v) is 7.83. The van der Waals surface area contributed by atoms with Crippen LogP contribution in [0.2, 0.25) is 0 Å². The minimum atomic E-state index is -2.89. The summed E-state index contributed by atoms with van der Waals surface area (Å²) in [6, 6.07) is 4.84. The number of hydrogen-bond donors (Lipinski definition) is 2. The van der Waals surface area contributed by atoms with E-state index >= 15 is 0 Å². The van der Waals surface area contributed by atoms with Crippen molar-refractivity contribution in [2.75, 3.05) is 33.4 Å². The van der Waals surface area contributed by atoms with Crippen molar-refractivity contribution in [3.8, 4) is 11.5 Å². The fourth-order valence-electron chi connectivity index (χ4n) is 1.92. The Morgan fingerprint density at radius 3 is 2.52 bits per heavy atom. The summed E-state index contributed by atoms with van der Waals surface area (Å²) in [6.07, 6.45) is 0. The molecule has 0 amide bonds. The molecule has 6 nitrogen and oxygen atoms in total. The Labute approximate surface area is 164 Å². The van der Waals surface area contributed by atoms with Crippen LogP contribution < -0.4 is 20.1 Å². The van der Waals surface area contributed by atoms with Crippen molar-refractivity contribution in [1.29, 1.82) is 0 Å². The van der Waals surface area contributed by atoms with E-state index in [1.165, 1.54) is 6.07 Å². The Kier molecular flexibility index (Phi) is 13.1. The average molecular weight is 473 g/mol. The van der Waals surface area contributed by atoms with Crippen molar-refractivity contribution in [2.45, 2.75) is 27.0 Å². The van der Waals surface area contributed by atoms with Gasteiger partial charge in [0, 0.05) is 26.7 Å². The molecule has 2 N–H and O–H groups in total. The first kappa shape index (κ1) is 23.6. The predicted molar refractivity (Wildman–Crippen MR) is 104 cm³/mol. The predicted octanol–water partition coefficient (Wildman–Crippen LogP) is 3.01. The topological polar surface area (TPSA) is 64.1 Å². The van der Waals surface area contributed by atoms with Gasteiger partial charge in [-0.15, -0.1) is 24.0 Å². The van der Waals surface area contributed by atoms with E-state index in [1.807, 2.05) is 6.92 Å². The second-order valence-electron chi connectivity index (χ2n) is 4.64. The van der Waals surface area contributed by atoms with Gasteiger partial charge in [0.05, 0.1) is 13.2 Å². The van der Waals surface area contributed by atoms with Crippen LogP contribution in [0.25, 0.3) is 0 Å². The summed E-state index contributed by atoms with van der Waals surface area (Å²) in [5.74, 6) is 0.937. The minimum absolute atomic E-state index is 0. The van der Waals surface area contributed by atoms with Crippen molar-refractivity contribution >= 4 is 29.9 Å². The first-order chi connectivity index (χ1) is 11.6. The molecule has 0 heterocycles. The van der Waals surface area contributed by atoms with Crippen molar-refractivity contribution in [3.63, 3.8) is 0 Å². The van der Waals surface area contributed by atoms with Gasteiger partial charge in [0.25, 0.3) is 0 Å². The lowest BCUT2D eigenvalue weighted by Gasteiger charge is -2.14. The standard InChI is InChI=1S/C16H25F2N3O3.HI/c1-4-22-9-8-20-16(19-3)21-11-12-6-7-13(24-15(17)18)14(10-12)23-5-2;/h6-7,10,15H,4-5,8-9,11H2,1-3H3,(H2,19,20,21);1H. The van der Waals surface area contributed by atoms with Crippen LogP contribution in [0.5, 0.6) is 11.5 Å². The van der Waals surface area contributed by atoms with Crippen molar-refractivity contribution in [3.05, 3.63) is 23.8 Å². The number of rotatable bonds is 10. The molecule has 0 saturated heterocycles. The SMILES string of the molecule is CCOCCNC(=NC)NCc1ccc(OC(F)F)c(OCC)c1.I. The Balaban J connectivity index is 0.00000576. The summed E-state index contributed by atoms with van der Waals surface area (Å²) in [5, 5.41) is 6.24. The van der Waals surface area contributed by atoms with E-state index < -0.39 is 6.61 Å². The van der Waals surface area contributed by atoms with E-state index in [0.29, 0.717) is 38.9 Å². The molecule has 0 aromatic heterocycles. The zero-order valence-electron chi connectivity index (χ0n) is 14.7. The normalized spacial score (nSPS) is 11.0. The van der Waals surface area contributed by atoms with Crippen LogP contribution in [-0.4, -0.2) is 46.0 Å². The van der Waals surface area contributed by atoms with E-state index in [1.54, 1.807) is 26.1 Å². The minimum Gasteiger partial charge on any atom is -0.490 e. The van der Waals surface area contributed by atoms with Crippen molar-refractivity contribution in [2.24, 2.45) is 4.99 Å². The second-order valence-corrected chi connectivity index (χ2v) is 4.64. The molecule has 144 valence electrons. The number of nitrogens with zero attached hydrogens (tertiary/aromatic N) is 1. The van der Waals surface area contributed by atoms with Crippen LogP contribution in [0.4, 0.5) is 8.78 Å². The number of ether oxygens (including phenoxy) is 3. The average Bonchev–Trinajstić information content (AvgIpc) is 2.56. The van der Waals surface area contributed by atoms with Gasteiger partial charge in [-0.25, -0.2) is 0 Å². The highest BCUT2D eigenvalue weighted by molar-refractivity contribution is 14.0. The summed E-state index contributed by atoms with van der Waals surface area (Å²) in [6.45, 7) is 3.54. The summed E-state index contributed by atoms with van der Waals surface area (Å²) in [5.41, 5.74) is 0.854. The third kappa shape index (κ3) is 9.63. The zero-order chi connectivity index (χ0) is 17.8. The largest absolute Gasteiger partial charge is 0.490 e. The molecule has 1 aromatic rings. The Hall–Kier alpha value is -1.36. The van der Waals surface area contributed by atoms with Crippen LogP contribution in [-0.2, 0) is 11.3 Å². The highest BCUT2D eigenvalue weighted by Crippen LogP contribution is 2.29. The number of aliphatic imine (C=N–C) groups is 1. The molecule has 0 unspecified atom stereocenters. The Morgan fingerprint density at radius 2 is 1.92 bits per heavy atom. The first-order valence-electron chi connectivity index (χ1n) is 7.83. The molecule has 9 heteroatoms. The van der Waals surface area contributed by atoms with Crippen molar-refractivity contribution < 1.29 is 23.0 Å². The quantitative estimate of drug-likeness (QED) is 0.237. The highest BCUT2D eigenvalue weighted by atomic mass is 127. The summed E-state index contributed by atoms with van der Waals surface area (Å²) >= 11 is 0. The molecule has 0 aliphatic carbocycles. The molecule has 1 rings (SSSR count). The van der Waals surface area contributed by atoms with Crippen molar-refractivity contribution in [1.82, 2.24) is 10.6 Å². The maximum Gasteiger partial charge on any atom is 0.387 e. The number of hydrogen-bond acceptors (Lipinski definition) is 4. The number of halogens is 3. The van der Waals surface area contributed by atoms with Gasteiger partial charge in [0.1, 0.15) is 0 Å². The van der Waals surface area contributed by atoms with Crippen LogP contribution >= 0.6 is 24.0 Å².